The number of esters is 3. The molecule has 3 aliphatic carbocycles. The van der Waals surface area contributed by atoms with Crippen molar-refractivity contribution in [2.75, 3.05) is 6.61 Å². The molecule has 0 aromatic heterocycles. The molecule has 3 saturated carbocycles. The van der Waals surface area contributed by atoms with E-state index in [1.807, 2.05) is 20.8 Å². The summed E-state index contributed by atoms with van der Waals surface area (Å²) in [5, 5.41) is 10.8. The molecule has 1 N–H and O–H groups in total. The van der Waals surface area contributed by atoms with Gasteiger partial charge in [0, 0.05) is 35.5 Å². The van der Waals surface area contributed by atoms with E-state index in [0.29, 0.717) is 12.8 Å². The molecule has 1 unspecified atom stereocenters. The number of ether oxygens (including phenoxy) is 3. The third-order valence-electron chi connectivity index (χ3n) is 10.6. The van der Waals surface area contributed by atoms with Crippen LogP contribution in [0.2, 0.25) is 0 Å². The van der Waals surface area contributed by atoms with E-state index in [2.05, 4.69) is 0 Å². The summed E-state index contributed by atoms with van der Waals surface area (Å²) in [6.07, 6.45) is -1.62. The highest BCUT2D eigenvalue weighted by Gasteiger charge is 2.75. The van der Waals surface area contributed by atoms with Crippen LogP contribution < -0.4 is 0 Å². The molecule has 5 rings (SSSR count). The molecule has 2 aliphatic heterocycles. The SMILES string of the molecule is CC(=O)O[C@@H]1C[C@@](C)(C(=O)[C@H]2COC(=O)C2)[C@@H]2CC(=O)OC3C[C@H]4[C@H](C)C[C@H](O)C(=O)[C@]4(C)[C@@H]1[C@@]32C. The topological polar surface area (TPSA) is 133 Å². The van der Waals surface area contributed by atoms with Crippen molar-refractivity contribution >= 4 is 29.5 Å². The minimum atomic E-state index is -1.12. The van der Waals surface area contributed by atoms with E-state index >= 15 is 0 Å². The molecule has 0 radical (unpaired) electrons. The second kappa shape index (κ2) is 8.10. The molecule has 0 aromatic rings. The normalized spacial score (nSPS) is 49.9. The number of ketones is 2. The van der Waals surface area contributed by atoms with Gasteiger partial charge in [0.15, 0.2) is 5.78 Å². The van der Waals surface area contributed by atoms with Crippen LogP contribution >= 0.6 is 0 Å². The number of hydrogen-bond donors (Lipinski definition) is 1. The monoisotopic (exact) mass is 504 g/mol. The number of carbonyl (C=O) groups excluding carboxylic acids is 5. The van der Waals surface area contributed by atoms with E-state index in [4.69, 9.17) is 14.2 Å². The number of hydrogen-bond acceptors (Lipinski definition) is 9. The Balaban J connectivity index is 1.68. The fourth-order valence-corrected chi connectivity index (χ4v) is 9.28. The van der Waals surface area contributed by atoms with Gasteiger partial charge in [-0.15, -0.1) is 0 Å². The summed E-state index contributed by atoms with van der Waals surface area (Å²) in [7, 11) is 0. The first-order valence-electron chi connectivity index (χ1n) is 13.0. The summed E-state index contributed by atoms with van der Waals surface area (Å²) in [6.45, 7) is 8.91. The number of aliphatic hydroxyl groups excluding tert-OH is 1. The molecule has 9 nitrogen and oxygen atoms in total. The van der Waals surface area contributed by atoms with Gasteiger partial charge >= 0.3 is 17.9 Å². The van der Waals surface area contributed by atoms with Crippen LogP contribution in [0.5, 0.6) is 0 Å². The van der Waals surface area contributed by atoms with E-state index in [-0.39, 0.29) is 55.2 Å². The summed E-state index contributed by atoms with van der Waals surface area (Å²) in [6, 6.07) is 0. The summed E-state index contributed by atoms with van der Waals surface area (Å²) < 4.78 is 17.0. The van der Waals surface area contributed by atoms with Crippen molar-refractivity contribution in [1.82, 2.24) is 0 Å². The van der Waals surface area contributed by atoms with E-state index in [1.165, 1.54) is 6.92 Å². The fourth-order valence-electron chi connectivity index (χ4n) is 9.28. The molecular weight excluding hydrogens is 468 g/mol. The number of cyclic esters (lactones) is 1. The van der Waals surface area contributed by atoms with Crippen molar-refractivity contribution in [3.63, 3.8) is 0 Å². The van der Waals surface area contributed by atoms with E-state index < -0.39 is 64.2 Å². The van der Waals surface area contributed by atoms with Crippen LogP contribution in [0.3, 0.4) is 0 Å². The van der Waals surface area contributed by atoms with Crippen LogP contribution in [0.4, 0.5) is 0 Å². The predicted molar refractivity (Wildman–Crippen MR) is 123 cm³/mol. The van der Waals surface area contributed by atoms with Gasteiger partial charge in [0.05, 0.1) is 12.3 Å². The van der Waals surface area contributed by atoms with Crippen LogP contribution in [-0.2, 0) is 38.2 Å². The predicted octanol–water partition coefficient (Wildman–Crippen LogP) is 2.01. The number of aliphatic hydroxyl groups is 1. The quantitative estimate of drug-likeness (QED) is 0.452. The number of fused-ring (bicyclic) bond motifs is 2. The molecule has 36 heavy (non-hydrogen) atoms. The maximum atomic E-state index is 14.0. The Bertz CT molecular complexity index is 1040. The zero-order valence-corrected chi connectivity index (χ0v) is 21.6. The van der Waals surface area contributed by atoms with Crippen molar-refractivity contribution in [3.05, 3.63) is 0 Å². The first kappa shape index (κ1) is 25.4. The van der Waals surface area contributed by atoms with Crippen molar-refractivity contribution < 1.29 is 43.3 Å². The Kier molecular flexibility index (Phi) is 5.71. The molecule has 5 aliphatic rings. The van der Waals surface area contributed by atoms with Crippen LogP contribution in [0, 0.1) is 45.8 Å². The lowest BCUT2D eigenvalue weighted by molar-refractivity contribution is -0.277. The molecule has 0 amide bonds. The highest BCUT2D eigenvalue weighted by Crippen LogP contribution is 2.71. The van der Waals surface area contributed by atoms with Gasteiger partial charge in [0.25, 0.3) is 0 Å². The van der Waals surface area contributed by atoms with Crippen LogP contribution in [0.15, 0.2) is 0 Å². The maximum Gasteiger partial charge on any atom is 0.306 e. The third kappa shape index (κ3) is 3.26. The molecule has 2 saturated heterocycles. The Morgan fingerprint density at radius 1 is 1.06 bits per heavy atom. The van der Waals surface area contributed by atoms with Gasteiger partial charge in [-0.05, 0) is 37.0 Å². The lowest BCUT2D eigenvalue weighted by Gasteiger charge is -2.70. The zero-order valence-electron chi connectivity index (χ0n) is 21.6. The Morgan fingerprint density at radius 2 is 1.75 bits per heavy atom. The summed E-state index contributed by atoms with van der Waals surface area (Å²) in [5.74, 6) is -3.67. The molecule has 2 heterocycles. The largest absolute Gasteiger partial charge is 0.465 e. The smallest absolute Gasteiger partial charge is 0.306 e. The summed E-state index contributed by atoms with van der Waals surface area (Å²) in [5.41, 5.74) is -2.99. The molecule has 0 spiro atoms. The minimum Gasteiger partial charge on any atom is -0.465 e. The highest BCUT2D eigenvalue weighted by atomic mass is 16.6. The average Bonchev–Trinajstić information content (AvgIpc) is 3.21. The summed E-state index contributed by atoms with van der Waals surface area (Å²) in [4.78, 5) is 64.9. The minimum absolute atomic E-state index is 0.00574. The van der Waals surface area contributed by atoms with Crippen LogP contribution in [-0.4, -0.2) is 59.5 Å². The number of Topliss-reactive ketones (excluding diaryl/α,β-unsaturated/α-hetero) is 2. The van der Waals surface area contributed by atoms with Gasteiger partial charge in [0.2, 0.25) is 0 Å². The standard InChI is InChI=1S/C27H36O9/c1-12-6-16(29)24(33)26(4)15(12)8-19-27(5)18(9-21(31)36-19)25(3,10-17(22(26)27)35-13(2)28)23(32)14-7-20(30)34-11-14/h12,14-19,22,29H,6-11H2,1-5H3/t12-,14-,15+,16+,17-,18+,19?,22-,25-,26+,27-/m1/s1. The van der Waals surface area contributed by atoms with Gasteiger partial charge in [-0.25, -0.2) is 0 Å². The van der Waals surface area contributed by atoms with Crippen molar-refractivity contribution in [1.29, 1.82) is 0 Å². The van der Waals surface area contributed by atoms with Crippen LogP contribution in [0.1, 0.15) is 66.7 Å². The van der Waals surface area contributed by atoms with Gasteiger partial charge in [-0.1, -0.05) is 27.7 Å². The number of rotatable bonds is 3. The first-order valence-corrected chi connectivity index (χ1v) is 13.0. The highest BCUT2D eigenvalue weighted by molar-refractivity contribution is 5.93. The molecule has 11 atom stereocenters. The zero-order chi connectivity index (χ0) is 26.4. The molecule has 0 aromatic carbocycles. The Hall–Kier alpha value is -2.29. The molecular formula is C27H36O9. The Morgan fingerprint density at radius 3 is 2.36 bits per heavy atom. The van der Waals surface area contributed by atoms with Crippen molar-refractivity contribution in [3.8, 4) is 0 Å². The van der Waals surface area contributed by atoms with E-state index in [0.717, 1.165) is 0 Å². The second-order valence-electron chi connectivity index (χ2n) is 12.5. The lowest BCUT2D eigenvalue weighted by Crippen LogP contribution is -2.74. The molecule has 198 valence electrons. The van der Waals surface area contributed by atoms with Crippen molar-refractivity contribution in [2.45, 2.75) is 85.0 Å². The Labute approximate surface area is 210 Å². The van der Waals surface area contributed by atoms with Crippen LogP contribution in [0.25, 0.3) is 0 Å². The fraction of sp³-hybridized carbons (Fsp3) is 0.815. The van der Waals surface area contributed by atoms with E-state index in [1.54, 1.807) is 6.92 Å². The van der Waals surface area contributed by atoms with Gasteiger partial charge in [0.1, 0.15) is 30.7 Å². The lowest BCUT2D eigenvalue weighted by atomic mass is 9.35. The van der Waals surface area contributed by atoms with Crippen molar-refractivity contribution in [2.24, 2.45) is 45.8 Å². The van der Waals surface area contributed by atoms with Gasteiger partial charge in [-0.2, -0.15) is 0 Å². The van der Waals surface area contributed by atoms with Gasteiger partial charge < -0.3 is 19.3 Å². The first-order chi connectivity index (χ1) is 16.7. The molecule has 9 heteroatoms. The summed E-state index contributed by atoms with van der Waals surface area (Å²) >= 11 is 0. The number of carbonyl (C=O) groups is 5. The molecule has 0 bridgehead atoms. The van der Waals surface area contributed by atoms with E-state index in [9.17, 15) is 29.1 Å². The van der Waals surface area contributed by atoms with Gasteiger partial charge in [-0.3, -0.25) is 24.0 Å². The average molecular weight is 505 g/mol. The second-order valence-corrected chi connectivity index (χ2v) is 12.5. The molecule has 5 fully saturated rings. The maximum absolute atomic E-state index is 14.0. The third-order valence-corrected chi connectivity index (χ3v) is 10.6.